The summed E-state index contributed by atoms with van der Waals surface area (Å²) in [6.07, 6.45) is 8.51. The van der Waals surface area contributed by atoms with Crippen LogP contribution >= 0.6 is 0 Å². The van der Waals surface area contributed by atoms with Gasteiger partial charge >= 0.3 is 0 Å². The molecular weight excluding hydrogens is 176 g/mol. The average molecular weight is 186 g/mol. The maximum atomic E-state index is 5.32. The first-order valence-electron chi connectivity index (χ1n) is 4.39. The summed E-state index contributed by atoms with van der Waals surface area (Å²) in [6.45, 7) is 4.09. The summed E-state index contributed by atoms with van der Waals surface area (Å²) >= 11 is 0. The summed E-state index contributed by atoms with van der Waals surface area (Å²) < 4.78 is 1.83. The Morgan fingerprint density at radius 3 is 2.86 bits per heavy atom. The number of terminal acetylenes is 1. The summed E-state index contributed by atoms with van der Waals surface area (Å²) in [5, 5.41) is 5.06. The zero-order valence-electron chi connectivity index (χ0n) is 8.10. The molecule has 2 aromatic rings. The van der Waals surface area contributed by atoms with Crippen LogP contribution in [0.5, 0.6) is 0 Å². The van der Waals surface area contributed by atoms with E-state index < -0.39 is 0 Å². The highest BCUT2D eigenvalue weighted by atomic mass is 15.3. The van der Waals surface area contributed by atoms with E-state index in [1.54, 1.807) is 6.20 Å². The molecule has 0 aliphatic carbocycles. The average Bonchev–Trinajstić information content (AvgIpc) is 2.60. The zero-order valence-corrected chi connectivity index (χ0v) is 8.10. The van der Waals surface area contributed by atoms with Gasteiger partial charge in [-0.05, 0) is 19.8 Å². The summed E-state index contributed by atoms with van der Waals surface area (Å²) in [5.41, 5.74) is 1.39. The van der Waals surface area contributed by atoms with Gasteiger partial charge in [0.2, 0.25) is 0 Å². The van der Waals surface area contributed by atoms with Gasteiger partial charge in [-0.3, -0.25) is 0 Å². The summed E-state index contributed by atoms with van der Waals surface area (Å²) in [5.74, 6) is 2.52. The van der Waals surface area contributed by atoms with Crippen molar-refractivity contribution >= 4 is 11.0 Å². The van der Waals surface area contributed by atoms with Crippen LogP contribution < -0.4 is 0 Å². The number of rotatable bonds is 1. The summed E-state index contributed by atoms with van der Waals surface area (Å²) in [7, 11) is 0. The lowest BCUT2D eigenvalue weighted by Crippen LogP contribution is -2.03. The van der Waals surface area contributed by atoms with Crippen LogP contribution in [0.2, 0.25) is 0 Å². The Balaban J connectivity index is 2.77. The van der Waals surface area contributed by atoms with Crippen LogP contribution in [-0.4, -0.2) is 19.7 Å². The molecule has 0 saturated carbocycles. The van der Waals surface area contributed by atoms with Gasteiger partial charge in [-0.25, -0.2) is 14.6 Å². The smallest absolute Gasteiger partial charge is 0.162 e. The van der Waals surface area contributed by atoms with Crippen molar-refractivity contribution in [3.63, 3.8) is 0 Å². The van der Waals surface area contributed by atoms with Crippen LogP contribution in [0.25, 0.3) is 11.0 Å². The highest BCUT2D eigenvalue weighted by molar-refractivity contribution is 5.79. The highest BCUT2D eigenvalue weighted by Gasteiger charge is 2.09. The molecule has 70 valence electrons. The van der Waals surface area contributed by atoms with Crippen molar-refractivity contribution in [2.45, 2.75) is 19.9 Å². The number of hydrogen-bond acceptors (Lipinski definition) is 3. The van der Waals surface area contributed by atoms with Gasteiger partial charge in [0.05, 0.1) is 11.6 Å². The Bertz CT molecular complexity index is 504. The predicted octanol–water partition coefficient (Wildman–Crippen LogP) is 1.39. The monoisotopic (exact) mass is 186 g/mol. The molecule has 2 rings (SSSR count). The minimum atomic E-state index is 0.271. The van der Waals surface area contributed by atoms with E-state index in [2.05, 4.69) is 21.0 Å². The molecule has 14 heavy (non-hydrogen) atoms. The molecule has 0 amide bonds. The van der Waals surface area contributed by atoms with E-state index in [1.165, 1.54) is 6.33 Å². The molecule has 0 N–H and O–H groups in total. The van der Waals surface area contributed by atoms with Crippen molar-refractivity contribution in [3.05, 3.63) is 18.2 Å². The Labute approximate surface area is 82.0 Å². The topological polar surface area (TPSA) is 43.6 Å². The number of hydrogen-bond donors (Lipinski definition) is 0. The van der Waals surface area contributed by atoms with E-state index in [-0.39, 0.29) is 6.04 Å². The molecule has 0 unspecified atom stereocenters. The number of nitrogens with zero attached hydrogens (tertiary/aromatic N) is 4. The summed E-state index contributed by atoms with van der Waals surface area (Å²) in [6, 6.07) is 0.271. The second-order valence-corrected chi connectivity index (χ2v) is 3.29. The second-order valence-electron chi connectivity index (χ2n) is 3.29. The Morgan fingerprint density at radius 2 is 2.21 bits per heavy atom. The molecule has 0 spiro atoms. The van der Waals surface area contributed by atoms with Gasteiger partial charge in [0.15, 0.2) is 5.65 Å². The standard InChI is InChI=1S/C10H10N4/c1-4-9-8-5-13-14(7(2)3)10(8)12-6-11-9/h1,5-7H,2-3H3. The fourth-order valence-corrected chi connectivity index (χ4v) is 1.36. The van der Waals surface area contributed by atoms with Crippen molar-refractivity contribution in [3.8, 4) is 12.3 Å². The lowest BCUT2D eigenvalue weighted by molar-refractivity contribution is 0.546. The number of fused-ring (bicyclic) bond motifs is 1. The molecule has 0 aliphatic heterocycles. The quantitative estimate of drug-likeness (QED) is 0.632. The predicted molar refractivity (Wildman–Crippen MR) is 53.6 cm³/mol. The molecule has 0 aliphatic rings. The van der Waals surface area contributed by atoms with E-state index in [0.29, 0.717) is 5.69 Å². The van der Waals surface area contributed by atoms with Crippen LogP contribution in [0, 0.1) is 12.3 Å². The molecule has 2 aromatic heterocycles. The Kier molecular flexibility index (Phi) is 1.93. The maximum absolute atomic E-state index is 5.32. The van der Waals surface area contributed by atoms with Crippen LogP contribution in [0.1, 0.15) is 25.6 Å². The molecule has 4 nitrogen and oxygen atoms in total. The van der Waals surface area contributed by atoms with Gasteiger partial charge in [0.1, 0.15) is 12.0 Å². The molecule has 2 heterocycles. The van der Waals surface area contributed by atoms with E-state index in [1.807, 2.05) is 18.5 Å². The van der Waals surface area contributed by atoms with Crippen molar-refractivity contribution in [1.29, 1.82) is 0 Å². The lowest BCUT2D eigenvalue weighted by Gasteiger charge is -2.05. The third kappa shape index (κ3) is 1.14. The molecule has 4 heteroatoms. The van der Waals surface area contributed by atoms with E-state index >= 15 is 0 Å². The third-order valence-electron chi connectivity index (χ3n) is 2.02. The molecule has 0 radical (unpaired) electrons. The molecule has 0 aromatic carbocycles. The molecule has 0 bridgehead atoms. The minimum absolute atomic E-state index is 0.271. The molecular formula is C10H10N4. The van der Waals surface area contributed by atoms with Crippen molar-refractivity contribution in [1.82, 2.24) is 19.7 Å². The third-order valence-corrected chi connectivity index (χ3v) is 2.02. The van der Waals surface area contributed by atoms with E-state index in [0.717, 1.165) is 11.0 Å². The molecule has 0 fully saturated rings. The van der Waals surface area contributed by atoms with Crippen molar-refractivity contribution in [2.24, 2.45) is 0 Å². The van der Waals surface area contributed by atoms with Gasteiger partial charge < -0.3 is 0 Å². The summed E-state index contributed by atoms with van der Waals surface area (Å²) in [4.78, 5) is 8.16. The van der Waals surface area contributed by atoms with Crippen LogP contribution in [0.15, 0.2) is 12.5 Å². The Hall–Kier alpha value is -1.89. The van der Waals surface area contributed by atoms with Crippen LogP contribution in [-0.2, 0) is 0 Å². The number of aromatic nitrogens is 4. The van der Waals surface area contributed by atoms with Gasteiger partial charge in [-0.1, -0.05) is 0 Å². The SMILES string of the molecule is C#Cc1ncnc2c1cnn2C(C)C. The lowest BCUT2D eigenvalue weighted by atomic mass is 10.3. The highest BCUT2D eigenvalue weighted by Crippen LogP contribution is 2.16. The normalized spacial score (nSPS) is 10.7. The van der Waals surface area contributed by atoms with Crippen molar-refractivity contribution in [2.75, 3.05) is 0 Å². The Morgan fingerprint density at radius 1 is 1.43 bits per heavy atom. The molecule has 0 saturated heterocycles. The largest absolute Gasteiger partial charge is 0.245 e. The minimum Gasteiger partial charge on any atom is -0.245 e. The first kappa shape index (κ1) is 8.70. The first-order valence-corrected chi connectivity index (χ1v) is 4.39. The van der Waals surface area contributed by atoms with Gasteiger partial charge in [0, 0.05) is 6.04 Å². The van der Waals surface area contributed by atoms with Crippen LogP contribution in [0.4, 0.5) is 0 Å². The van der Waals surface area contributed by atoms with Gasteiger partial charge in [0.25, 0.3) is 0 Å². The maximum Gasteiger partial charge on any atom is 0.162 e. The second kappa shape index (κ2) is 3.11. The fraction of sp³-hybridized carbons (Fsp3) is 0.300. The van der Waals surface area contributed by atoms with Gasteiger partial charge in [-0.15, -0.1) is 6.42 Å². The van der Waals surface area contributed by atoms with Crippen LogP contribution in [0.3, 0.4) is 0 Å². The van der Waals surface area contributed by atoms with E-state index in [9.17, 15) is 0 Å². The fourth-order valence-electron chi connectivity index (χ4n) is 1.36. The van der Waals surface area contributed by atoms with E-state index in [4.69, 9.17) is 6.42 Å². The molecule has 0 atom stereocenters. The zero-order chi connectivity index (χ0) is 10.1. The van der Waals surface area contributed by atoms with Gasteiger partial charge in [-0.2, -0.15) is 5.10 Å². The van der Waals surface area contributed by atoms with Crippen molar-refractivity contribution < 1.29 is 0 Å². The first-order chi connectivity index (χ1) is 6.74.